The van der Waals surface area contributed by atoms with Crippen LogP contribution in [0.2, 0.25) is 0 Å². The molecule has 0 spiro atoms. The van der Waals surface area contributed by atoms with Crippen LogP contribution < -0.4 is 5.32 Å². The van der Waals surface area contributed by atoms with E-state index in [2.05, 4.69) is 75.8 Å². The fourth-order valence-electron chi connectivity index (χ4n) is 3.98. The van der Waals surface area contributed by atoms with Gasteiger partial charge in [0.15, 0.2) is 0 Å². The van der Waals surface area contributed by atoms with Crippen molar-refractivity contribution in [2.75, 3.05) is 26.2 Å². The van der Waals surface area contributed by atoms with Gasteiger partial charge in [-0.15, -0.1) is 0 Å². The van der Waals surface area contributed by atoms with Gasteiger partial charge in [0.1, 0.15) is 0 Å². The molecule has 1 saturated carbocycles. The zero-order chi connectivity index (χ0) is 18.6. The van der Waals surface area contributed by atoms with Crippen LogP contribution in [0.4, 0.5) is 0 Å². The van der Waals surface area contributed by atoms with Gasteiger partial charge in [0.2, 0.25) is 5.91 Å². The fraction of sp³-hybridized carbons (Fsp3) is 0.435. The standard InChI is InChI=1S/C23H29N3O/c1-18(23(27)24-21-12-13-21)25-14-16-26(17-15-25)22(19-8-4-2-5-9-19)20-10-6-3-7-11-20/h2-11,18,21-22H,12-17H2,1H3,(H,24,27). The van der Waals surface area contributed by atoms with Gasteiger partial charge in [-0.1, -0.05) is 60.7 Å². The maximum absolute atomic E-state index is 12.4. The van der Waals surface area contributed by atoms with Crippen LogP contribution in [-0.4, -0.2) is 54.0 Å². The van der Waals surface area contributed by atoms with Crippen molar-refractivity contribution in [1.82, 2.24) is 15.1 Å². The molecule has 4 heteroatoms. The summed E-state index contributed by atoms with van der Waals surface area (Å²) in [6, 6.07) is 22.1. The lowest BCUT2D eigenvalue weighted by Gasteiger charge is -2.41. The summed E-state index contributed by atoms with van der Waals surface area (Å²) in [5.74, 6) is 0.189. The summed E-state index contributed by atoms with van der Waals surface area (Å²) < 4.78 is 0. The van der Waals surface area contributed by atoms with Crippen LogP contribution in [0.3, 0.4) is 0 Å². The van der Waals surface area contributed by atoms with E-state index in [1.54, 1.807) is 0 Å². The third-order valence-corrected chi connectivity index (χ3v) is 5.80. The van der Waals surface area contributed by atoms with Gasteiger partial charge < -0.3 is 5.32 Å². The predicted molar refractivity (Wildman–Crippen MR) is 108 cm³/mol. The minimum absolute atomic E-state index is 0.0420. The number of carbonyl (C=O) groups excluding carboxylic acids is 1. The molecular weight excluding hydrogens is 334 g/mol. The molecule has 2 aliphatic rings. The number of rotatable bonds is 6. The maximum atomic E-state index is 12.4. The molecule has 142 valence electrons. The normalized spacial score (nSPS) is 19.8. The van der Waals surface area contributed by atoms with Crippen LogP contribution in [-0.2, 0) is 4.79 Å². The molecule has 0 aromatic heterocycles. The van der Waals surface area contributed by atoms with Gasteiger partial charge in [-0.05, 0) is 30.9 Å². The Hall–Kier alpha value is -2.17. The zero-order valence-electron chi connectivity index (χ0n) is 16.1. The topological polar surface area (TPSA) is 35.6 Å². The van der Waals surface area contributed by atoms with Gasteiger partial charge in [-0.3, -0.25) is 14.6 Å². The number of piperazine rings is 1. The Morgan fingerprint density at radius 3 is 1.81 bits per heavy atom. The number of nitrogens with zero attached hydrogens (tertiary/aromatic N) is 2. The van der Waals surface area contributed by atoms with Crippen molar-refractivity contribution in [3.8, 4) is 0 Å². The van der Waals surface area contributed by atoms with Crippen LogP contribution in [0.1, 0.15) is 36.9 Å². The summed E-state index contributed by atoms with van der Waals surface area (Å²) in [5, 5.41) is 3.14. The van der Waals surface area contributed by atoms with Crippen molar-refractivity contribution in [2.24, 2.45) is 0 Å². The van der Waals surface area contributed by atoms with E-state index in [-0.39, 0.29) is 18.0 Å². The van der Waals surface area contributed by atoms with Crippen molar-refractivity contribution >= 4 is 5.91 Å². The molecule has 4 nitrogen and oxygen atoms in total. The molecule has 1 aliphatic carbocycles. The maximum Gasteiger partial charge on any atom is 0.237 e. The van der Waals surface area contributed by atoms with Crippen molar-refractivity contribution in [3.05, 3.63) is 71.8 Å². The van der Waals surface area contributed by atoms with Crippen LogP contribution in [0.15, 0.2) is 60.7 Å². The highest BCUT2D eigenvalue weighted by atomic mass is 16.2. The molecule has 27 heavy (non-hydrogen) atoms. The van der Waals surface area contributed by atoms with Gasteiger partial charge in [0, 0.05) is 32.2 Å². The molecule has 1 unspecified atom stereocenters. The minimum atomic E-state index is -0.0420. The average molecular weight is 364 g/mol. The Kier molecular flexibility index (Phi) is 5.55. The number of hydrogen-bond donors (Lipinski definition) is 1. The summed E-state index contributed by atoms with van der Waals surface area (Å²) >= 11 is 0. The minimum Gasteiger partial charge on any atom is -0.352 e. The Labute approximate surface area is 162 Å². The molecule has 1 amide bonds. The molecule has 1 atom stereocenters. The first-order valence-corrected chi connectivity index (χ1v) is 10.1. The van der Waals surface area contributed by atoms with Crippen molar-refractivity contribution in [3.63, 3.8) is 0 Å². The smallest absolute Gasteiger partial charge is 0.237 e. The Morgan fingerprint density at radius 1 is 0.852 bits per heavy atom. The highest BCUT2D eigenvalue weighted by Crippen LogP contribution is 2.29. The highest BCUT2D eigenvalue weighted by Gasteiger charge is 2.32. The summed E-state index contributed by atoms with van der Waals surface area (Å²) in [6.45, 7) is 5.83. The number of benzene rings is 2. The van der Waals surface area contributed by atoms with Gasteiger partial charge >= 0.3 is 0 Å². The summed E-state index contributed by atoms with van der Waals surface area (Å²) in [5.41, 5.74) is 2.66. The summed E-state index contributed by atoms with van der Waals surface area (Å²) in [7, 11) is 0. The summed E-state index contributed by atoms with van der Waals surface area (Å²) in [6.07, 6.45) is 2.28. The number of carbonyl (C=O) groups is 1. The van der Waals surface area contributed by atoms with Gasteiger partial charge in [0.25, 0.3) is 0 Å². The molecule has 1 N–H and O–H groups in total. The van der Waals surface area contributed by atoms with E-state index in [0.717, 1.165) is 39.0 Å². The number of hydrogen-bond acceptors (Lipinski definition) is 3. The second-order valence-electron chi connectivity index (χ2n) is 7.75. The van der Waals surface area contributed by atoms with E-state index in [1.807, 2.05) is 6.92 Å². The largest absolute Gasteiger partial charge is 0.352 e. The van der Waals surface area contributed by atoms with E-state index in [0.29, 0.717) is 6.04 Å². The van der Waals surface area contributed by atoms with E-state index in [1.165, 1.54) is 11.1 Å². The van der Waals surface area contributed by atoms with E-state index >= 15 is 0 Å². The zero-order valence-corrected chi connectivity index (χ0v) is 16.1. The van der Waals surface area contributed by atoms with Crippen LogP contribution in [0.25, 0.3) is 0 Å². The first-order chi connectivity index (χ1) is 13.2. The lowest BCUT2D eigenvalue weighted by Crippen LogP contribution is -2.54. The van der Waals surface area contributed by atoms with E-state index in [9.17, 15) is 4.79 Å². The van der Waals surface area contributed by atoms with Gasteiger partial charge in [-0.2, -0.15) is 0 Å². The van der Waals surface area contributed by atoms with Crippen molar-refractivity contribution in [1.29, 1.82) is 0 Å². The molecule has 1 aliphatic heterocycles. The highest BCUT2D eigenvalue weighted by molar-refractivity contribution is 5.81. The SMILES string of the molecule is CC(C(=O)NC1CC1)N1CCN(C(c2ccccc2)c2ccccc2)CC1. The van der Waals surface area contributed by atoms with E-state index < -0.39 is 0 Å². The second-order valence-corrected chi connectivity index (χ2v) is 7.75. The Bertz CT molecular complexity index is 697. The Balaban J connectivity index is 1.45. The van der Waals surface area contributed by atoms with Crippen molar-refractivity contribution < 1.29 is 4.79 Å². The fourth-order valence-corrected chi connectivity index (χ4v) is 3.98. The molecule has 1 saturated heterocycles. The molecule has 0 radical (unpaired) electrons. The molecule has 4 rings (SSSR count). The van der Waals surface area contributed by atoms with Crippen LogP contribution >= 0.6 is 0 Å². The predicted octanol–water partition coefficient (Wildman–Crippen LogP) is 3.06. The Morgan fingerprint density at radius 2 is 1.33 bits per heavy atom. The first-order valence-electron chi connectivity index (χ1n) is 10.1. The first kappa shape index (κ1) is 18.2. The third-order valence-electron chi connectivity index (χ3n) is 5.80. The number of nitrogens with one attached hydrogen (secondary N) is 1. The average Bonchev–Trinajstić information content (AvgIpc) is 3.54. The monoisotopic (exact) mass is 363 g/mol. The number of amides is 1. The molecule has 2 aromatic rings. The van der Waals surface area contributed by atoms with Crippen molar-refractivity contribution in [2.45, 2.75) is 37.9 Å². The third kappa shape index (κ3) is 4.40. The second kappa shape index (κ2) is 8.24. The molecule has 0 bridgehead atoms. The van der Waals surface area contributed by atoms with Crippen LogP contribution in [0.5, 0.6) is 0 Å². The van der Waals surface area contributed by atoms with Crippen LogP contribution in [0, 0.1) is 0 Å². The quantitative estimate of drug-likeness (QED) is 0.857. The lowest BCUT2D eigenvalue weighted by atomic mass is 9.96. The van der Waals surface area contributed by atoms with Gasteiger partial charge in [0.05, 0.1) is 12.1 Å². The lowest BCUT2D eigenvalue weighted by molar-refractivity contribution is -0.126. The van der Waals surface area contributed by atoms with E-state index in [4.69, 9.17) is 0 Å². The van der Waals surface area contributed by atoms with Gasteiger partial charge in [-0.25, -0.2) is 0 Å². The molecular formula is C23H29N3O. The molecule has 2 fully saturated rings. The molecule has 1 heterocycles. The summed E-state index contributed by atoms with van der Waals surface area (Å²) in [4.78, 5) is 17.3. The molecule has 2 aromatic carbocycles.